The number of hydrogen-bond acceptors (Lipinski definition) is 5. The summed E-state index contributed by atoms with van der Waals surface area (Å²) in [7, 11) is 1.61. The molecule has 3 rings (SSSR count). The average Bonchev–Trinajstić information content (AvgIpc) is 2.67. The van der Waals surface area contributed by atoms with Crippen molar-refractivity contribution in [1.29, 1.82) is 0 Å². The molecule has 0 saturated heterocycles. The zero-order valence-corrected chi connectivity index (χ0v) is 13.1. The van der Waals surface area contributed by atoms with E-state index in [0.29, 0.717) is 11.4 Å². The summed E-state index contributed by atoms with van der Waals surface area (Å²) in [5.41, 5.74) is 5.09. The van der Waals surface area contributed by atoms with Gasteiger partial charge in [0, 0.05) is 11.1 Å². The van der Waals surface area contributed by atoms with Gasteiger partial charge in [-0.15, -0.1) is 0 Å². The van der Waals surface area contributed by atoms with Gasteiger partial charge in [-0.25, -0.2) is 15.8 Å². The molecule has 0 aliphatic carbocycles. The third-order valence-electron chi connectivity index (χ3n) is 3.52. The number of carbonyl (C=O) groups is 1. The Hall–Kier alpha value is -3.25. The molecule has 0 fully saturated rings. The summed E-state index contributed by atoms with van der Waals surface area (Å²) in [4.78, 5) is 20.5. The summed E-state index contributed by atoms with van der Waals surface area (Å²) < 4.78 is 5.16. The van der Waals surface area contributed by atoms with E-state index < -0.39 is 5.91 Å². The highest BCUT2D eigenvalue weighted by atomic mass is 16.5. The quantitative estimate of drug-likeness (QED) is 0.438. The van der Waals surface area contributed by atoms with Crippen molar-refractivity contribution >= 4 is 5.91 Å². The number of benzene rings is 2. The van der Waals surface area contributed by atoms with Crippen LogP contribution in [0.15, 0.2) is 60.7 Å². The first-order valence-corrected chi connectivity index (χ1v) is 7.31. The predicted octanol–water partition coefficient (Wildman–Crippen LogP) is 2.42. The topological polar surface area (TPSA) is 90.1 Å². The molecule has 0 aliphatic heterocycles. The second kappa shape index (κ2) is 6.89. The number of methoxy groups -OCH3 is 1. The fourth-order valence-corrected chi connectivity index (χ4v) is 2.28. The van der Waals surface area contributed by atoms with E-state index in [2.05, 4.69) is 15.4 Å². The second-order valence-corrected chi connectivity index (χ2v) is 5.03. The van der Waals surface area contributed by atoms with E-state index in [-0.39, 0.29) is 5.82 Å². The molecule has 24 heavy (non-hydrogen) atoms. The van der Waals surface area contributed by atoms with E-state index in [1.807, 2.05) is 60.7 Å². The maximum Gasteiger partial charge on any atom is 0.302 e. The number of hydrazine groups is 1. The Morgan fingerprint density at radius 2 is 1.54 bits per heavy atom. The monoisotopic (exact) mass is 320 g/mol. The Balaban J connectivity index is 2.12. The summed E-state index contributed by atoms with van der Waals surface area (Å²) in [5, 5.41) is 0. The molecule has 3 N–H and O–H groups in total. The standard InChI is InChI=1S/C18H16N4O2/c1-24-14-9-7-13(8-10-14)16-11-15(12-5-3-2-4-6-12)20-17(21-16)18(23)22-19/h2-11H,19H2,1H3,(H,22,23). The van der Waals surface area contributed by atoms with Crippen LogP contribution in [-0.4, -0.2) is 23.0 Å². The number of nitrogens with one attached hydrogen (secondary N) is 1. The number of amides is 1. The van der Waals surface area contributed by atoms with Gasteiger partial charge in [0.1, 0.15) is 5.75 Å². The lowest BCUT2D eigenvalue weighted by Gasteiger charge is -2.08. The molecule has 0 bridgehead atoms. The highest BCUT2D eigenvalue weighted by Gasteiger charge is 2.13. The van der Waals surface area contributed by atoms with Crippen molar-refractivity contribution in [3.63, 3.8) is 0 Å². The fourth-order valence-electron chi connectivity index (χ4n) is 2.28. The number of hydrogen-bond donors (Lipinski definition) is 2. The van der Waals surface area contributed by atoms with Gasteiger partial charge >= 0.3 is 5.91 Å². The van der Waals surface area contributed by atoms with Gasteiger partial charge in [0.15, 0.2) is 0 Å². The van der Waals surface area contributed by atoms with Crippen LogP contribution in [0, 0.1) is 0 Å². The minimum Gasteiger partial charge on any atom is -0.497 e. The molecule has 0 unspecified atom stereocenters. The number of rotatable bonds is 4. The summed E-state index contributed by atoms with van der Waals surface area (Å²) in [5.74, 6) is 5.45. The first kappa shape index (κ1) is 15.6. The van der Waals surface area contributed by atoms with Crippen LogP contribution >= 0.6 is 0 Å². The SMILES string of the molecule is COc1ccc(-c2cc(-c3ccccc3)nc(C(=O)NN)n2)cc1. The zero-order valence-electron chi connectivity index (χ0n) is 13.1. The first-order valence-electron chi connectivity index (χ1n) is 7.31. The molecular weight excluding hydrogens is 304 g/mol. The maximum atomic E-state index is 11.9. The molecule has 2 aromatic carbocycles. The summed E-state index contributed by atoms with van der Waals surface area (Å²) in [6.45, 7) is 0. The molecule has 0 spiro atoms. The summed E-state index contributed by atoms with van der Waals surface area (Å²) >= 11 is 0. The zero-order chi connectivity index (χ0) is 16.9. The Morgan fingerprint density at radius 3 is 2.08 bits per heavy atom. The number of carbonyl (C=O) groups excluding carboxylic acids is 1. The Morgan fingerprint density at radius 1 is 0.958 bits per heavy atom. The van der Waals surface area contributed by atoms with Gasteiger partial charge in [-0.2, -0.15) is 0 Å². The van der Waals surface area contributed by atoms with E-state index in [9.17, 15) is 4.79 Å². The normalized spacial score (nSPS) is 10.2. The molecule has 1 heterocycles. The van der Waals surface area contributed by atoms with Crippen LogP contribution < -0.4 is 16.0 Å². The smallest absolute Gasteiger partial charge is 0.302 e. The van der Waals surface area contributed by atoms with Crippen LogP contribution in [0.2, 0.25) is 0 Å². The Bertz CT molecular complexity index is 849. The molecule has 1 amide bonds. The van der Waals surface area contributed by atoms with Gasteiger partial charge in [-0.05, 0) is 30.3 Å². The van der Waals surface area contributed by atoms with E-state index in [4.69, 9.17) is 10.6 Å². The van der Waals surface area contributed by atoms with E-state index in [0.717, 1.165) is 16.9 Å². The fraction of sp³-hybridized carbons (Fsp3) is 0.0556. The number of nitrogens with two attached hydrogens (primary N) is 1. The third-order valence-corrected chi connectivity index (χ3v) is 3.52. The molecule has 3 aromatic rings. The lowest BCUT2D eigenvalue weighted by atomic mass is 10.1. The van der Waals surface area contributed by atoms with Gasteiger partial charge in [0.05, 0.1) is 18.5 Å². The van der Waals surface area contributed by atoms with E-state index in [1.165, 1.54) is 0 Å². The molecule has 0 aliphatic rings. The number of nitrogens with zero attached hydrogens (tertiary/aromatic N) is 2. The van der Waals surface area contributed by atoms with Crippen LogP contribution in [0.4, 0.5) is 0 Å². The van der Waals surface area contributed by atoms with Crippen LogP contribution in [0.5, 0.6) is 5.75 Å². The van der Waals surface area contributed by atoms with Gasteiger partial charge in [0.2, 0.25) is 5.82 Å². The third kappa shape index (κ3) is 3.23. The van der Waals surface area contributed by atoms with Crippen molar-refractivity contribution in [2.75, 3.05) is 7.11 Å². The molecule has 1 aromatic heterocycles. The minimum absolute atomic E-state index is 0.0182. The van der Waals surface area contributed by atoms with Crippen molar-refractivity contribution in [2.45, 2.75) is 0 Å². The van der Waals surface area contributed by atoms with Crippen LogP contribution in [0.3, 0.4) is 0 Å². The first-order chi connectivity index (χ1) is 11.7. The van der Waals surface area contributed by atoms with Gasteiger partial charge in [-0.3, -0.25) is 10.2 Å². The second-order valence-electron chi connectivity index (χ2n) is 5.03. The largest absolute Gasteiger partial charge is 0.497 e. The van der Waals surface area contributed by atoms with Crippen LogP contribution in [-0.2, 0) is 0 Å². The lowest BCUT2D eigenvalue weighted by molar-refractivity contribution is 0.0943. The molecule has 0 saturated carbocycles. The average molecular weight is 320 g/mol. The maximum absolute atomic E-state index is 11.9. The Labute approximate surface area is 139 Å². The lowest BCUT2D eigenvalue weighted by Crippen LogP contribution is -2.31. The van der Waals surface area contributed by atoms with Crippen molar-refractivity contribution in [1.82, 2.24) is 15.4 Å². The molecule has 120 valence electrons. The highest BCUT2D eigenvalue weighted by molar-refractivity contribution is 5.91. The summed E-state index contributed by atoms with van der Waals surface area (Å²) in [6.07, 6.45) is 0. The van der Waals surface area contributed by atoms with Gasteiger partial charge in [0.25, 0.3) is 0 Å². The summed E-state index contributed by atoms with van der Waals surface area (Å²) in [6, 6.07) is 18.8. The van der Waals surface area contributed by atoms with Crippen molar-refractivity contribution < 1.29 is 9.53 Å². The van der Waals surface area contributed by atoms with Crippen LogP contribution in [0.1, 0.15) is 10.6 Å². The molecular formula is C18H16N4O2. The van der Waals surface area contributed by atoms with Crippen molar-refractivity contribution in [3.05, 3.63) is 66.5 Å². The van der Waals surface area contributed by atoms with E-state index in [1.54, 1.807) is 7.11 Å². The molecule has 6 nitrogen and oxygen atoms in total. The van der Waals surface area contributed by atoms with Gasteiger partial charge < -0.3 is 4.74 Å². The number of nitrogen functional groups attached to an aromatic ring is 1. The number of ether oxygens (including phenoxy) is 1. The Kier molecular flexibility index (Phi) is 4.49. The van der Waals surface area contributed by atoms with Gasteiger partial charge in [-0.1, -0.05) is 30.3 Å². The van der Waals surface area contributed by atoms with Crippen molar-refractivity contribution in [3.8, 4) is 28.3 Å². The van der Waals surface area contributed by atoms with E-state index >= 15 is 0 Å². The minimum atomic E-state index is -0.539. The molecule has 0 radical (unpaired) electrons. The van der Waals surface area contributed by atoms with Crippen molar-refractivity contribution in [2.24, 2.45) is 5.84 Å². The molecule has 0 atom stereocenters. The van der Waals surface area contributed by atoms with Crippen LogP contribution in [0.25, 0.3) is 22.5 Å². The molecule has 6 heteroatoms. The predicted molar refractivity (Wildman–Crippen MR) is 91.1 cm³/mol. The number of aromatic nitrogens is 2. The highest BCUT2D eigenvalue weighted by Crippen LogP contribution is 2.25.